The molecule has 100 valence electrons. The molecule has 2 aromatic carbocycles. The number of fused-ring (bicyclic) bond motifs is 1. The minimum Gasteiger partial charge on any atom is -0.507 e. The summed E-state index contributed by atoms with van der Waals surface area (Å²) < 4.78 is 10.9. The van der Waals surface area contributed by atoms with Gasteiger partial charge in [0.1, 0.15) is 11.3 Å². The summed E-state index contributed by atoms with van der Waals surface area (Å²) in [7, 11) is 1.41. The molecule has 0 amide bonds. The Kier molecular flexibility index (Phi) is 2.91. The fourth-order valence-corrected chi connectivity index (χ4v) is 2.15. The second kappa shape index (κ2) is 4.74. The summed E-state index contributed by atoms with van der Waals surface area (Å²) in [5.74, 6) is 0.351. The monoisotopic (exact) mass is 268 g/mol. The summed E-state index contributed by atoms with van der Waals surface area (Å²) in [5.41, 5.74) is 0.622. The van der Waals surface area contributed by atoms with Gasteiger partial charge in [0.15, 0.2) is 5.76 Å². The van der Waals surface area contributed by atoms with Crippen molar-refractivity contribution >= 4 is 11.0 Å². The second-order valence-corrected chi connectivity index (χ2v) is 4.31. The first-order valence-electron chi connectivity index (χ1n) is 6.10. The lowest BCUT2D eigenvalue weighted by Crippen LogP contribution is -2.07. The standard InChI is InChI=1S/C16H12O4/c1-19-16-14(18)11-7-3-5-9-13(11)20-15(16)10-6-2-4-8-12(10)17/h2-9,17H,1H3. The van der Waals surface area contributed by atoms with E-state index >= 15 is 0 Å². The van der Waals surface area contributed by atoms with Gasteiger partial charge in [-0.2, -0.15) is 0 Å². The van der Waals surface area contributed by atoms with E-state index in [0.29, 0.717) is 16.5 Å². The topological polar surface area (TPSA) is 59.7 Å². The number of rotatable bonds is 2. The Morgan fingerprint density at radius 3 is 2.50 bits per heavy atom. The van der Waals surface area contributed by atoms with Gasteiger partial charge in [-0.3, -0.25) is 4.79 Å². The lowest BCUT2D eigenvalue weighted by atomic mass is 10.1. The minimum atomic E-state index is -0.257. The number of phenols is 1. The Hall–Kier alpha value is -2.75. The molecule has 3 aromatic rings. The van der Waals surface area contributed by atoms with Gasteiger partial charge in [-0.25, -0.2) is 0 Å². The van der Waals surface area contributed by atoms with E-state index in [1.165, 1.54) is 13.2 Å². The largest absolute Gasteiger partial charge is 0.507 e. The Morgan fingerprint density at radius 2 is 1.75 bits per heavy atom. The van der Waals surface area contributed by atoms with Crippen LogP contribution in [0.2, 0.25) is 0 Å². The zero-order valence-electron chi connectivity index (χ0n) is 10.8. The highest BCUT2D eigenvalue weighted by Crippen LogP contribution is 2.35. The molecule has 1 N–H and O–H groups in total. The van der Waals surface area contributed by atoms with Crippen LogP contribution < -0.4 is 10.2 Å². The molecule has 4 heteroatoms. The van der Waals surface area contributed by atoms with Crippen LogP contribution in [0.25, 0.3) is 22.3 Å². The smallest absolute Gasteiger partial charge is 0.235 e. The van der Waals surface area contributed by atoms with Gasteiger partial charge in [0.25, 0.3) is 0 Å². The Labute approximate surface area is 114 Å². The van der Waals surface area contributed by atoms with E-state index in [1.54, 1.807) is 42.5 Å². The molecular weight excluding hydrogens is 256 g/mol. The summed E-state index contributed by atoms with van der Waals surface area (Å²) in [5, 5.41) is 10.4. The van der Waals surface area contributed by atoms with Gasteiger partial charge in [0.2, 0.25) is 11.2 Å². The highest BCUT2D eigenvalue weighted by Gasteiger charge is 2.18. The second-order valence-electron chi connectivity index (χ2n) is 4.31. The molecule has 0 saturated heterocycles. The fourth-order valence-electron chi connectivity index (χ4n) is 2.15. The van der Waals surface area contributed by atoms with E-state index in [4.69, 9.17) is 9.15 Å². The van der Waals surface area contributed by atoms with Gasteiger partial charge in [0.05, 0.1) is 18.1 Å². The highest BCUT2D eigenvalue weighted by molar-refractivity contribution is 5.83. The van der Waals surface area contributed by atoms with Crippen molar-refractivity contribution in [2.45, 2.75) is 0 Å². The average molecular weight is 268 g/mol. The maximum Gasteiger partial charge on any atom is 0.235 e. The van der Waals surface area contributed by atoms with Crippen molar-refractivity contribution < 1.29 is 14.3 Å². The number of hydrogen-bond acceptors (Lipinski definition) is 4. The van der Waals surface area contributed by atoms with Gasteiger partial charge in [-0.05, 0) is 24.3 Å². The van der Waals surface area contributed by atoms with Crippen LogP contribution in [0.5, 0.6) is 11.5 Å². The van der Waals surface area contributed by atoms with E-state index in [0.717, 1.165) is 0 Å². The van der Waals surface area contributed by atoms with Crippen LogP contribution in [0.15, 0.2) is 57.7 Å². The van der Waals surface area contributed by atoms with Gasteiger partial charge in [-0.15, -0.1) is 0 Å². The molecule has 0 radical (unpaired) electrons. The number of benzene rings is 2. The van der Waals surface area contributed by atoms with E-state index in [9.17, 15) is 9.90 Å². The maximum atomic E-state index is 12.4. The van der Waals surface area contributed by atoms with E-state index < -0.39 is 0 Å². The number of methoxy groups -OCH3 is 1. The van der Waals surface area contributed by atoms with Crippen molar-refractivity contribution in [1.82, 2.24) is 0 Å². The molecule has 0 bridgehead atoms. The average Bonchev–Trinajstić information content (AvgIpc) is 2.48. The Bertz CT molecular complexity index is 833. The normalized spacial score (nSPS) is 10.7. The molecule has 20 heavy (non-hydrogen) atoms. The molecule has 1 aromatic heterocycles. The van der Waals surface area contributed by atoms with Crippen molar-refractivity contribution in [2.75, 3.05) is 7.11 Å². The third kappa shape index (κ3) is 1.82. The third-order valence-corrected chi connectivity index (χ3v) is 3.11. The van der Waals surface area contributed by atoms with Crippen LogP contribution in [0.4, 0.5) is 0 Å². The van der Waals surface area contributed by atoms with Crippen LogP contribution in [-0.2, 0) is 0 Å². The molecule has 0 aliphatic heterocycles. The number of phenolic OH excluding ortho intramolecular Hbond substituents is 1. The summed E-state index contributed by atoms with van der Waals surface area (Å²) in [6.45, 7) is 0. The highest BCUT2D eigenvalue weighted by atomic mass is 16.5. The predicted molar refractivity (Wildman–Crippen MR) is 76.1 cm³/mol. The molecular formula is C16H12O4. The van der Waals surface area contributed by atoms with E-state index in [2.05, 4.69) is 0 Å². The molecule has 0 unspecified atom stereocenters. The molecule has 0 aliphatic rings. The van der Waals surface area contributed by atoms with Gasteiger partial charge < -0.3 is 14.3 Å². The summed E-state index contributed by atoms with van der Waals surface area (Å²) in [6.07, 6.45) is 0. The summed E-state index contributed by atoms with van der Waals surface area (Å²) >= 11 is 0. The summed E-state index contributed by atoms with van der Waals surface area (Å²) in [6, 6.07) is 13.6. The van der Waals surface area contributed by atoms with Crippen molar-refractivity contribution in [3.8, 4) is 22.8 Å². The lowest BCUT2D eigenvalue weighted by Gasteiger charge is -2.09. The minimum absolute atomic E-state index is 0.0317. The molecule has 0 spiro atoms. The molecule has 4 nitrogen and oxygen atoms in total. The zero-order chi connectivity index (χ0) is 14.1. The first kappa shape index (κ1) is 12.3. The van der Waals surface area contributed by atoms with Crippen LogP contribution in [-0.4, -0.2) is 12.2 Å². The first-order valence-corrected chi connectivity index (χ1v) is 6.10. The van der Waals surface area contributed by atoms with Crippen molar-refractivity contribution in [1.29, 1.82) is 0 Å². The third-order valence-electron chi connectivity index (χ3n) is 3.11. The quantitative estimate of drug-likeness (QED) is 0.775. The lowest BCUT2D eigenvalue weighted by molar-refractivity contribution is 0.397. The van der Waals surface area contributed by atoms with Gasteiger partial charge in [-0.1, -0.05) is 24.3 Å². The van der Waals surface area contributed by atoms with Crippen molar-refractivity contribution in [3.05, 3.63) is 58.8 Å². The first-order chi connectivity index (χ1) is 9.72. The van der Waals surface area contributed by atoms with Crippen LogP contribution in [0.3, 0.4) is 0 Å². The van der Waals surface area contributed by atoms with Crippen molar-refractivity contribution in [2.24, 2.45) is 0 Å². The molecule has 3 rings (SSSR count). The number of aromatic hydroxyl groups is 1. The molecule has 0 aliphatic carbocycles. The van der Waals surface area contributed by atoms with E-state index in [1.807, 2.05) is 0 Å². The van der Waals surface area contributed by atoms with Gasteiger partial charge in [0, 0.05) is 0 Å². The number of para-hydroxylation sites is 2. The van der Waals surface area contributed by atoms with Crippen LogP contribution >= 0.6 is 0 Å². The Balaban J connectivity index is 2.42. The molecule has 0 fully saturated rings. The maximum absolute atomic E-state index is 12.4. The molecule has 0 saturated carbocycles. The molecule has 1 heterocycles. The van der Waals surface area contributed by atoms with Gasteiger partial charge >= 0.3 is 0 Å². The molecule has 0 atom stereocenters. The van der Waals surface area contributed by atoms with E-state index in [-0.39, 0.29) is 22.7 Å². The number of hydrogen-bond donors (Lipinski definition) is 1. The zero-order valence-corrected chi connectivity index (χ0v) is 10.8. The Morgan fingerprint density at radius 1 is 1.05 bits per heavy atom. The number of ether oxygens (including phenoxy) is 1. The van der Waals surface area contributed by atoms with Crippen molar-refractivity contribution in [3.63, 3.8) is 0 Å². The fraction of sp³-hybridized carbons (Fsp3) is 0.0625. The summed E-state index contributed by atoms with van der Waals surface area (Å²) in [4.78, 5) is 12.4. The predicted octanol–water partition coefficient (Wildman–Crippen LogP) is 3.17. The SMILES string of the molecule is COc1c(-c2ccccc2O)oc2ccccc2c1=O. The van der Waals surface area contributed by atoms with Crippen LogP contribution in [0.1, 0.15) is 0 Å². The van der Waals surface area contributed by atoms with Crippen LogP contribution in [0, 0.1) is 0 Å².